The smallest absolute Gasteiger partial charge is 0.303 e. The van der Waals surface area contributed by atoms with E-state index in [0.717, 1.165) is 44.9 Å². The lowest BCUT2D eigenvalue weighted by molar-refractivity contribution is -0.137. The predicted octanol–water partition coefficient (Wildman–Crippen LogP) is 2.57. The third-order valence-corrected chi connectivity index (χ3v) is 2.26. The van der Waals surface area contributed by atoms with Crippen LogP contribution in [0.1, 0.15) is 58.3 Å². The fourth-order valence-electron chi connectivity index (χ4n) is 1.42. The molecule has 0 saturated carbocycles. The number of carboxylic acids is 1. The highest BCUT2D eigenvalue weighted by molar-refractivity contribution is 5.66. The quantitative estimate of drug-likeness (QED) is 0.565. The summed E-state index contributed by atoms with van der Waals surface area (Å²) in [6.07, 6.45) is 7.32. The second kappa shape index (κ2) is 9.00. The van der Waals surface area contributed by atoms with Gasteiger partial charge in [-0.15, -0.1) is 0 Å². The van der Waals surface area contributed by atoms with Crippen molar-refractivity contribution in [3.63, 3.8) is 0 Å². The van der Waals surface area contributed by atoms with Crippen molar-refractivity contribution in [1.29, 1.82) is 0 Å². The summed E-state index contributed by atoms with van der Waals surface area (Å²) in [6.45, 7) is 1.81. The van der Waals surface area contributed by atoms with Gasteiger partial charge in [0.2, 0.25) is 0 Å². The third kappa shape index (κ3) is 11.4. The summed E-state index contributed by atoms with van der Waals surface area (Å²) < 4.78 is 0. The van der Waals surface area contributed by atoms with Gasteiger partial charge in [-0.3, -0.25) is 4.79 Å². The molecule has 0 bridgehead atoms. The molecule has 0 aliphatic rings. The first-order valence-corrected chi connectivity index (χ1v) is 5.53. The number of hydrogen-bond donors (Lipinski definition) is 2. The van der Waals surface area contributed by atoms with Crippen LogP contribution in [-0.4, -0.2) is 22.3 Å². The average Bonchev–Trinajstić information content (AvgIpc) is 2.08. The molecule has 0 aromatic rings. The predicted molar refractivity (Wildman–Crippen MR) is 56.3 cm³/mol. The molecule has 0 amide bonds. The molecule has 2 N–H and O–H groups in total. The molecule has 0 aliphatic carbocycles. The van der Waals surface area contributed by atoms with Crippen LogP contribution >= 0.6 is 0 Å². The molecule has 0 unspecified atom stereocenters. The van der Waals surface area contributed by atoms with Crippen LogP contribution in [0.5, 0.6) is 0 Å². The largest absolute Gasteiger partial charge is 0.481 e. The first kappa shape index (κ1) is 13.4. The lowest BCUT2D eigenvalue weighted by Crippen LogP contribution is -1.98. The van der Waals surface area contributed by atoms with Gasteiger partial charge in [0, 0.05) is 6.42 Å². The molecule has 1 atom stereocenters. The summed E-state index contributed by atoms with van der Waals surface area (Å²) in [5.41, 5.74) is 0. The van der Waals surface area contributed by atoms with Crippen molar-refractivity contribution in [1.82, 2.24) is 0 Å². The van der Waals surface area contributed by atoms with Crippen LogP contribution in [0.4, 0.5) is 0 Å². The van der Waals surface area contributed by atoms with Crippen molar-refractivity contribution in [2.45, 2.75) is 64.4 Å². The molecule has 0 spiro atoms. The molecule has 0 radical (unpaired) electrons. The molecule has 0 aromatic carbocycles. The van der Waals surface area contributed by atoms with Gasteiger partial charge >= 0.3 is 5.97 Å². The van der Waals surface area contributed by atoms with Crippen molar-refractivity contribution in [3.8, 4) is 0 Å². The van der Waals surface area contributed by atoms with E-state index in [9.17, 15) is 4.79 Å². The van der Waals surface area contributed by atoms with Crippen molar-refractivity contribution < 1.29 is 15.0 Å². The first-order valence-electron chi connectivity index (χ1n) is 5.53. The third-order valence-electron chi connectivity index (χ3n) is 2.26. The summed E-state index contributed by atoms with van der Waals surface area (Å²) >= 11 is 0. The van der Waals surface area contributed by atoms with Crippen LogP contribution in [-0.2, 0) is 4.79 Å². The van der Waals surface area contributed by atoms with E-state index < -0.39 is 5.97 Å². The van der Waals surface area contributed by atoms with Gasteiger partial charge in [-0.05, 0) is 19.8 Å². The molecule has 0 saturated heterocycles. The van der Waals surface area contributed by atoms with E-state index in [0.29, 0.717) is 6.42 Å². The van der Waals surface area contributed by atoms with Crippen LogP contribution in [0.15, 0.2) is 0 Å². The molecular weight excluding hydrogens is 180 g/mol. The maximum absolute atomic E-state index is 10.2. The van der Waals surface area contributed by atoms with Gasteiger partial charge in [-0.1, -0.05) is 32.1 Å². The van der Waals surface area contributed by atoms with Gasteiger partial charge in [0.15, 0.2) is 0 Å². The van der Waals surface area contributed by atoms with Gasteiger partial charge < -0.3 is 10.2 Å². The Hall–Kier alpha value is -0.570. The Labute approximate surface area is 86.1 Å². The first-order chi connectivity index (χ1) is 6.63. The minimum Gasteiger partial charge on any atom is -0.481 e. The van der Waals surface area contributed by atoms with Crippen molar-refractivity contribution in [2.75, 3.05) is 0 Å². The zero-order valence-electron chi connectivity index (χ0n) is 9.04. The minimum atomic E-state index is -0.695. The van der Waals surface area contributed by atoms with Crippen molar-refractivity contribution >= 4 is 5.97 Å². The Balaban J connectivity index is 2.96. The fourth-order valence-corrected chi connectivity index (χ4v) is 1.42. The summed E-state index contributed by atoms with van der Waals surface area (Å²) in [5.74, 6) is -0.695. The van der Waals surface area contributed by atoms with Crippen LogP contribution in [0.2, 0.25) is 0 Å². The molecule has 3 nitrogen and oxygen atoms in total. The zero-order chi connectivity index (χ0) is 10.8. The monoisotopic (exact) mass is 202 g/mol. The molecule has 0 aromatic heterocycles. The molecule has 0 heterocycles. The summed E-state index contributed by atoms with van der Waals surface area (Å²) in [7, 11) is 0. The van der Waals surface area contributed by atoms with Gasteiger partial charge in [-0.25, -0.2) is 0 Å². The number of aliphatic hydroxyl groups is 1. The number of aliphatic carboxylic acids is 1. The van der Waals surface area contributed by atoms with E-state index in [1.807, 2.05) is 6.92 Å². The lowest BCUT2D eigenvalue weighted by atomic mass is 10.1. The molecular formula is C11H22O3. The number of unbranched alkanes of at least 4 members (excludes halogenated alkanes) is 5. The molecule has 0 rings (SSSR count). The van der Waals surface area contributed by atoms with Crippen molar-refractivity contribution in [3.05, 3.63) is 0 Å². The minimum absolute atomic E-state index is 0.179. The van der Waals surface area contributed by atoms with Gasteiger partial charge in [0.1, 0.15) is 0 Å². The molecule has 3 heteroatoms. The van der Waals surface area contributed by atoms with E-state index >= 15 is 0 Å². The molecule has 14 heavy (non-hydrogen) atoms. The van der Waals surface area contributed by atoms with Gasteiger partial charge in [0.05, 0.1) is 6.10 Å². The van der Waals surface area contributed by atoms with Crippen molar-refractivity contribution in [2.24, 2.45) is 0 Å². The highest BCUT2D eigenvalue weighted by atomic mass is 16.4. The highest BCUT2D eigenvalue weighted by Gasteiger charge is 1.97. The summed E-state index contributed by atoms with van der Waals surface area (Å²) in [4.78, 5) is 10.2. The number of carboxylic acid groups (broad SMARTS) is 1. The maximum atomic E-state index is 10.2. The summed E-state index contributed by atoms with van der Waals surface area (Å²) in [5, 5.41) is 17.4. The highest BCUT2D eigenvalue weighted by Crippen LogP contribution is 2.09. The number of rotatable bonds is 9. The SMILES string of the molecule is C[C@@H](O)CCCCCCCCC(=O)O. The summed E-state index contributed by atoms with van der Waals surface area (Å²) in [6, 6.07) is 0. The Kier molecular flexibility index (Phi) is 8.64. The van der Waals surface area contributed by atoms with E-state index in [1.165, 1.54) is 0 Å². The Morgan fingerprint density at radius 2 is 1.57 bits per heavy atom. The number of carbonyl (C=O) groups is 1. The Morgan fingerprint density at radius 3 is 2.07 bits per heavy atom. The lowest BCUT2D eigenvalue weighted by Gasteiger charge is -2.03. The van der Waals surface area contributed by atoms with Crippen LogP contribution < -0.4 is 0 Å². The van der Waals surface area contributed by atoms with E-state index in [-0.39, 0.29) is 6.10 Å². The number of aliphatic hydroxyl groups excluding tert-OH is 1. The van der Waals surface area contributed by atoms with E-state index in [1.54, 1.807) is 0 Å². The maximum Gasteiger partial charge on any atom is 0.303 e. The van der Waals surface area contributed by atoms with Crippen LogP contribution in [0.25, 0.3) is 0 Å². The topological polar surface area (TPSA) is 57.5 Å². The second-order valence-electron chi connectivity index (χ2n) is 3.90. The van der Waals surface area contributed by atoms with Gasteiger partial charge in [-0.2, -0.15) is 0 Å². The van der Waals surface area contributed by atoms with Gasteiger partial charge in [0.25, 0.3) is 0 Å². The molecule has 84 valence electrons. The standard InChI is InChI=1S/C11H22O3/c1-10(12)8-6-4-2-3-5-7-9-11(13)14/h10,12H,2-9H2,1H3,(H,13,14)/t10-/m1/s1. The normalized spacial score (nSPS) is 12.7. The molecule has 0 aliphatic heterocycles. The molecule has 0 fully saturated rings. The average molecular weight is 202 g/mol. The zero-order valence-corrected chi connectivity index (χ0v) is 9.04. The van der Waals surface area contributed by atoms with E-state index in [4.69, 9.17) is 10.2 Å². The Bertz CT molecular complexity index is 143. The van der Waals surface area contributed by atoms with Crippen LogP contribution in [0, 0.1) is 0 Å². The second-order valence-corrected chi connectivity index (χ2v) is 3.90. The number of hydrogen-bond acceptors (Lipinski definition) is 2. The Morgan fingerprint density at radius 1 is 1.07 bits per heavy atom. The fraction of sp³-hybridized carbons (Fsp3) is 0.909. The van der Waals surface area contributed by atoms with E-state index in [2.05, 4.69) is 0 Å². The van der Waals surface area contributed by atoms with Crippen LogP contribution in [0.3, 0.4) is 0 Å².